The molecule has 0 aliphatic rings. The predicted octanol–water partition coefficient (Wildman–Crippen LogP) is 1.96. The maximum absolute atomic E-state index is 11.9. The monoisotopic (exact) mass is 297 g/mol. The molecule has 0 radical (unpaired) electrons. The molecule has 0 atom stereocenters. The summed E-state index contributed by atoms with van der Waals surface area (Å²) in [7, 11) is 0. The van der Waals surface area contributed by atoms with Crippen LogP contribution in [0, 0.1) is 0 Å². The Morgan fingerprint density at radius 1 is 1.23 bits per heavy atom. The van der Waals surface area contributed by atoms with Crippen LogP contribution in [0.25, 0.3) is 11.0 Å². The van der Waals surface area contributed by atoms with E-state index in [4.69, 9.17) is 9.26 Å². The zero-order valence-electron chi connectivity index (χ0n) is 11.9. The summed E-state index contributed by atoms with van der Waals surface area (Å²) < 4.78 is 10.6. The van der Waals surface area contributed by atoms with Gasteiger partial charge in [-0.05, 0) is 24.3 Å². The lowest BCUT2D eigenvalue weighted by atomic mass is 10.2. The third-order valence-electron chi connectivity index (χ3n) is 3.11. The van der Waals surface area contributed by atoms with Gasteiger partial charge in [0.1, 0.15) is 18.1 Å². The third kappa shape index (κ3) is 3.41. The molecule has 0 aliphatic carbocycles. The predicted molar refractivity (Wildman–Crippen MR) is 80.5 cm³/mol. The summed E-state index contributed by atoms with van der Waals surface area (Å²) in [6.45, 7) is 0.806. The number of aromatic nitrogens is 2. The van der Waals surface area contributed by atoms with E-state index in [0.717, 1.165) is 5.39 Å². The lowest BCUT2D eigenvalue weighted by Crippen LogP contribution is -2.29. The molecule has 112 valence electrons. The molecular formula is C16H15N3O3. The van der Waals surface area contributed by atoms with Crippen LogP contribution >= 0.6 is 0 Å². The molecular weight excluding hydrogens is 282 g/mol. The summed E-state index contributed by atoms with van der Waals surface area (Å²) in [5, 5.41) is 7.59. The number of fused-ring (bicyclic) bond motifs is 1. The minimum absolute atomic E-state index is 0.117. The first-order chi connectivity index (χ1) is 10.8. The first kappa shape index (κ1) is 14.1. The molecule has 0 unspecified atom stereocenters. The Balaban J connectivity index is 1.47. The molecule has 0 saturated carbocycles. The van der Waals surface area contributed by atoms with E-state index < -0.39 is 0 Å². The summed E-state index contributed by atoms with van der Waals surface area (Å²) in [6.07, 6.45) is 3.49. The average Bonchev–Trinajstić information content (AvgIpc) is 2.96. The Kier molecular flexibility index (Phi) is 4.29. The van der Waals surface area contributed by atoms with Crippen LogP contribution in [0.2, 0.25) is 0 Å². The van der Waals surface area contributed by atoms with Crippen molar-refractivity contribution in [3.8, 4) is 5.75 Å². The van der Waals surface area contributed by atoms with Crippen LogP contribution in [0.5, 0.6) is 5.75 Å². The maximum Gasteiger partial charge on any atom is 0.226 e. The minimum atomic E-state index is -0.117. The second kappa shape index (κ2) is 6.71. The van der Waals surface area contributed by atoms with Gasteiger partial charge in [-0.25, -0.2) is 0 Å². The van der Waals surface area contributed by atoms with Crippen molar-refractivity contribution in [1.29, 1.82) is 0 Å². The van der Waals surface area contributed by atoms with Crippen molar-refractivity contribution in [3.63, 3.8) is 0 Å². The Bertz CT molecular complexity index is 755. The number of amides is 1. The molecule has 6 heteroatoms. The molecule has 0 fully saturated rings. The summed E-state index contributed by atoms with van der Waals surface area (Å²) in [5.41, 5.74) is 1.33. The Labute approximate surface area is 127 Å². The SMILES string of the molecule is O=C(Cc1noc2ccccc12)NCCOc1cccnc1. The van der Waals surface area contributed by atoms with E-state index in [1.165, 1.54) is 0 Å². The van der Waals surface area contributed by atoms with Gasteiger partial charge in [0.15, 0.2) is 5.58 Å². The van der Waals surface area contributed by atoms with Crippen molar-refractivity contribution in [2.45, 2.75) is 6.42 Å². The van der Waals surface area contributed by atoms with Gasteiger partial charge in [-0.2, -0.15) is 0 Å². The number of pyridine rings is 1. The number of carbonyl (C=O) groups is 1. The van der Waals surface area contributed by atoms with E-state index in [9.17, 15) is 4.79 Å². The number of benzene rings is 1. The molecule has 0 saturated heterocycles. The van der Waals surface area contributed by atoms with Crippen molar-refractivity contribution in [3.05, 3.63) is 54.5 Å². The lowest BCUT2D eigenvalue weighted by molar-refractivity contribution is -0.120. The smallest absolute Gasteiger partial charge is 0.226 e. The van der Waals surface area contributed by atoms with E-state index in [2.05, 4.69) is 15.5 Å². The second-order valence-corrected chi connectivity index (χ2v) is 4.69. The fourth-order valence-electron chi connectivity index (χ4n) is 2.07. The number of para-hydroxylation sites is 1. The number of rotatable bonds is 6. The highest BCUT2D eigenvalue weighted by Gasteiger charge is 2.11. The molecule has 3 rings (SSSR count). The number of hydrogen-bond acceptors (Lipinski definition) is 5. The average molecular weight is 297 g/mol. The molecule has 2 heterocycles. The zero-order valence-corrected chi connectivity index (χ0v) is 11.9. The normalized spacial score (nSPS) is 10.5. The van der Waals surface area contributed by atoms with E-state index in [-0.39, 0.29) is 12.3 Å². The number of ether oxygens (including phenoxy) is 1. The van der Waals surface area contributed by atoms with Gasteiger partial charge in [0.25, 0.3) is 0 Å². The second-order valence-electron chi connectivity index (χ2n) is 4.69. The quantitative estimate of drug-likeness (QED) is 0.704. The van der Waals surface area contributed by atoms with Crippen molar-refractivity contribution in [2.24, 2.45) is 0 Å². The number of nitrogens with one attached hydrogen (secondary N) is 1. The van der Waals surface area contributed by atoms with Gasteiger partial charge in [0.2, 0.25) is 5.91 Å². The Morgan fingerprint density at radius 3 is 3.00 bits per heavy atom. The van der Waals surface area contributed by atoms with Crippen LogP contribution in [0.1, 0.15) is 5.69 Å². The van der Waals surface area contributed by atoms with Gasteiger partial charge in [0.05, 0.1) is 19.2 Å². The van der Waals surface area contributed by atoms with E-state index >= 15 is 0 Å². The van der Waals surface area contributed by atoms with Crippen molar-refractivity contribution in [2.75, 3.05) is 13.2 Å². The molecule has 0 bridgehead atoms. The van der Waals surface area contributed by atoms with E-state index in [0.29, 0.717) is 30.2 Å². The zero-order chi connectivity index (χ0) is 15.2. The highest BCUT2D eigenvalue weighted by atomic mass is 16.5. The molecule has 1 N–H and O–H groups in total. The van der Waals surface area contributed by atoms with Crippen LogP contribution in [0.15, 0.2) is 53.3 Å². The molecule has 0 spiro atoms. The first-order valence-electron chi connectivity index (χ1n) is 6.96. The van der Waals surface area contributed by atoms with Crippen molar-refractivity contribution >= 4 is 16.9 Å². The first-order valence-corrected chi connectivity index (χ1v) is 6.96. The minimum Gasteiger partial charge on any atom is -0.490 e. The molecule has 1 aromatic carbocycles. The lowest BCUT2D eigenvalue weighted by Gasteiger charge is -2.06. The largest absolute Gasteiger partial charge is 0.490 e. The van der Waals surface area contributed by atoms with Crippen LogP contribution in [-0.2, 0) is 11.2 Å². The summed E-state index contributed by atoms with van der Waals surface area (Å²) in [4.78, 5) is 15.9. The van der Waals surface area contributed by atoms with Gasteiger partial charge in [-0.3, -0.25) is 9.78 Å². The molecule has 22 heavy (non-hydrogen) atoms. The topological polar surface area (TPSA) is 77.2 Å². The molecule has 1 amide bonds. The highest BCUT2D eigenvalue weighted by Crippen LogP contribution is 2.17. The molecule has 3 aromatic rings. The number of nitrogens with zero attached hydrogens (tertiary/aromatic N) is 2. The van der Waals surface area contributed by atoms with Crippen molar-refractivity contribution < 1.29 is 14.1 Å². The molecule has 0 aliphatic heterocycles. The van der Waals surface area contributed by atoms with E-state index in [1.807, 2.05) is 30.3 Å². The summed E-state index contributed by atoms with van der Waals surface area (Å²) in [6, 6.07) is 11.1. The summed E-state index contributed by atoms with van der Waals surface area (Å²) >= 11 is 0. The van der Waals surface area contributed by atoms with Crippen LogP contribution in [-0.4, -0.2) is 29.2 Å². The van der Waals surface area contributed by atoms with Crippen LogP contribution < -0.4 is 10.1 Å². The van der Waals surface area contributed by atoms with Crippen LogP contribution in [0.4, 0.5) is 0 Å². The van der Waals surface area contributed by atoms with E-state index in [1.54, 1.807) is 18.5 Å². The number of hydrogen-bond donors (Lipinski definition) is 1. The van der Waals surface area contributed by atoms with Gasteiger partial charge in [-0.1, -0.05) is 17.3 Å². The fraction of sp³-hybridized carbons (Fsp3) is 0.188. The van der Waals surface area contributed by atoms with Gasteiger partial charge in [0, 0.05) is 11.6 Å². The maximum atomic E-state index is 11.9. The molecule has 2 aromatic heterocycles. The Hall–Kier alpha value is -2.89. The molecule has 6 nitrogen and oxygen atoms in total. The highest BCUT2D eigenvalue weighted by molar-refractivity contribution is 5.86. The Morgan fingerprint density at radius 2 is 2.14 bits per heavy atom. The standard InChI is InChI=1S/C16H15N3O3/c20-16(18-8-9-21-12-4-3-7-17-11-12)10-14-13-5-1-2-6-15(13)22-19-14/h1-7,11H,8-10H2,(H,18,20). The van der Waals surface area contributed by atoms with Gasteiger partial charge >= 0.3 is 0 Å². The van der Waals surface area contributed by atoms with Gasteiger partial charge in [-0.15, -0.1) is 0 Å². The number of carbonyl (C=O) groups excluding carboxylic acids is 1. The third-order valence-corrected chi connectivity index (χ3v) is 3.11. The van der Waals surface area contributed by atoms with Crippen LogP contribution in [0.3, 0.4) is 0 Å². The summed E-state index contributed by atoms with van der Waals surface area (Å²) in [5.74, 6) is 0.563. The van der Waals surface area contributed by atoms with Gasteiger partial charge < -0.3 is 14.6 Å². The van der Waals surface area contributed by atoms with Crippen molar-refractivity contribution in [1.82, 2.24) is 15.5 Å². The fourth-order valence-corrected chi connectivity index (χ4v) is 2.07.